The van der Waals surface area contributed by atoms with Gasteiger partial charge in [0.25, 0.3) is 5.91 Å². The average Bonchev–Trinajstić information content (AvgIpc) is 2.97. The number of hydrogen-bond donors (Lipinski definition) is 3. The summed E-state index contributed by atoms with van der Waals surface area (Å²) >= 11 is 0. The number of hydrogen-bond acceptors (Lipinski definition) is 9. The van der Waals surface area contributed by atoms with Crippen molar-refractivity contribution >= 4 is 28.9 Å². The molecule has 3 heterocycles. The molecular weight excluding hydrogens is 496 g/mol. The topological polar surface area (TPSA) is 126 Å². The molecule has 10 nitrogen and oxygen atoms in total. The van der Waals surface area contributed by atoms with Crippen LogP contribution in [0.2, 0.25) is 0 Å². The number of rotatable bonds is 8. The Balaban J connectivity index is 1.16. The molecular formula is C29H36N6O4. The number of ether oxygens (including phenoxy) is 2. The number of nitrogen functional groups attached to an aromatic ring is 1. The highest BCUT2D eigenvalue weighted by Gasteiger charge is 2.25. The summed E-state index contributed by atoms with van der Waals surface area (Å²) in [6.07, 6.45) is 2.44. The van der Waals surface area contributed by atoms with E-state index in [0.29, 0.717) is 43.0 Å². The van der Waals surface area contributed by atoms with Crippen LogP contribution in [-0.4, -0.2) is 78.0 Å². The Labute approximate surface area is 228 Å². The van der Waals surface area contributed by atoms with Crippen LogP contribution in [0.3, 0.4) is 0 Å². The third kappa shape index (κ3) is 6.76. The van der Waals surface area contributed by atoms with E-state index >= 15 is 0 Å². The standard InChI is InChI=1S/C29H36N6O4/c1-20(36)28(37)35-12-9-21(10-13-35)19-39-27-7-2-22(18-25(27)30)26-8-11-31-29(33-26)32-23-3-5-24(6-4-23)34-14-16-38-17-15-34/h2-8,11,18,20-21,36H,9-10,12-17,19,30H2,1H3,(H,31,32,33)/t20-/m0/s1. The summed E-state index contributed by atoms with van der Waals surface area (Å²) in [4.78, 5) is 25.1. The maximum Gasteiger partial charge on any atom is 0.251 e. The number of amides is 1. The van der Waals surface area contributed by atoms with Crippen molar-refractivity contribution in [3.8, 4) is 17.0 Å². The number of carbonyl (C=O) groups excluding carboxylic acids is 1. The third-order valence-corrected chi connectivity index (χ3v) is 7.22. The van der Waals surface area contributed by atoms with Gasteiger partial charge in [0.05, 0.1) is 31.2 Å². The van der Waals surface area contributed by atoms with Crippen LogP contribution >= 0.6 is 0 Å². The van der Waals surface area contributed by atoms with E-state index in [1.54, 1.807) is 11.1 Å². The molecule has 0 saturated carbocycles. The van der Waals surface area contributed by atoms with E-state index in [2.05, 4.69) is 32.3 Å². The van der Waals surface area contributed by atoms with Crippen molar-refractivity contribution < 1.29 is 19.4 Å². The van der Waals surface area contributed by atoms with Crippen LogP contribution < -0.4 is 20.7 Å². The van der Waals surface area contributed by atoms with Gasteiger partial charge in [-0.25, -0.2) is 9.97 Å². The lowest BCUT2D eigenvalue weighted by Crippen LogP contribution is -2.43. The van der Waals surface area contributed by atoms with E-state index < -0.39 is 6.10 Å². The largest absolute Gasteiger partial charge is 0.491 e. The number of aliphatic hydroxyl groups excluding tert-OH is 1. The summed E-state index contributed by atoms with van der Waals surface area (Å²) in [5.41, 5.74) is 10.6. The van der Waals surface area contributed by atoms with Crippen LogP contribution in [0.5, 0.6) is 5.75 Å². The molecule has 2 fully saturated rings. The van der Waals surface area contributed by atoms with Crippen molar-refractivity contribution in [2.75, 3.05) is 62.0 Å². The molecule has 39 heavy (non-hydrogen) atoms. The SMILES string of the molecule is C[C@H](O)C(=O)N1CCC(COc2ccc(-c3ccnc(Nc4ccc(N5CCOCC5)cc4)n3)cc2N)CC1. The number of piperidine rings is 1. The highest BCUT2D eigenvalue weighted by atomic mass is 16.5. The quantitative estimate of drug-likeness (QED) is 0.375. The van der Waals surface area contributed by atoms with Crippen molar-refractivity contribution in [1.29, 1.82) is 0 Å². The number of aliphatic hydroxyl groups is 1. The number of carbonyl (C=O) groups is 1. The average molecular weight is 533 g/mol. The first kappa shape index (κ1) is 26.7. The second kappa shape index (κ2) is 12.3. The van der Waals surface area contributed by atoms with Crippen LogP contribution in [0.1, 0.15) is 19.8 Å². The molecule has 0 unspecified atom stereocenters. The van der Waals surface area contributed by atoms with Crippen molar-refractivity contribution in [1.82, 2.24) is 14.9 Å². The summed E-state index contributed by atoms with van der Waals surface area (Å²) in [6.45, 7) is 6.62. The molecule has 2 aromatic carbocycles. The van der Waals surface area contributed by atoms with E-state index in [-0.39, 0.29) is 5.91 Å². The van der Waals surface area contributed by atoms with Gasteiger partial charge in [-0.2, -0.15) is 0 Å². The van der Waals surface area contributed by atoms with Gasteiger partial charge in [0, 0.05) is 49.3 Å². The van der Waals surface area contributed by atoms with Crippen LogP contribution in [-0.2, 0) is 9.53 Å². The molecule has 0 aliphatic carbocycles. The first-order chi connectivity index (χ1) is 19.0. The second-order valence-electron chi connectivity index (χ2n) is 10.0. The smallest absolute Gasteiger partial charge is 0.251 e. The summed E-state index contributed by atoms with van der Waals surface area (Å²) in [5.74, 6) is 1.26. The van der Waals surface area contributed by atoms with E-state index in [1.807, 2.05) is 36.4 Å². The monoisotopic (exact) mass is 532 g/mol. The summed E-state index contributed by atoms with van der Waals surface area (Å²) in [5, 5.41) is 12.8. The van der Waals surface area contributed by atoms with Gasteiger partial charge < -0.3 is 35.4 Å². The van der Waals surface area contributed by atoms with E-state index in [4.69, 9.17) is 15.2 Å². The van der Waals surface area contributed by atoms with Crippen molar-refractivity contribution in [3.63, 3.8) is 0 Å². The number of nitrogens with two attached hydrogens (primary N) is 1. The van der Waals surface area contributed by atoms with Gasteiger partial charge in [-0.3, -0.25) is 4.79 Å². The molecule has 5 rings (SSSR count). The second-order valence-corrected chi connectivity index (χ2v) is 10.0. The fourth-order valence-corrected chi connectivity index (χ4v) is 4.92. The minimum absolute atomic E-state index is 0.209. The Kier molecular flexibility index (Phi) is 8.43. The van der Waals surface area contributed by atoms with Crippen LogP contribution in [0.4, 0.5) is 23.0 Å². The van der Waals surface area contributed by atoms with Gasteiger partial charge in [0.2, 0.25) is 5.95 Å². The Bertz CT molecular complexity index is 1250. The number of anilines is 4. The molecule has 4 N–H and O–H groups in total. The zero-order valence-corrected chi connectivity index (χ0v) is 22.3. The summed E-state index contributed by atoms with van der Waals surface area (Å²) < 4.78 is 11.5. The Morgan fingerprint density at radius 3 is 2.56 bits per heavy atom. The van der Waals surface area contributed by atoms with Gasteiger partial charge >= 0.3 is 0 Å². The molecule has 0 spiro atoms. The van der Waals surface area contributed by atoms with E-state index in [1.165, 1.54) is 12.6 Å². The Hall–Kier alpha value is -3.89. The zero-order valence-electron chi connectivity index (χ0n) is 22.3. The van der Waals surface area contributed by atoms with Crippen LogP contribution in [0.25, 0.3) is 11.3 Å². The number of benzene rings is 2. The minimum Gasteiger partial charge on any atom is -0.491 e. The first-order valence-electron chi connectivity index (χ1n) is 13.5. The van der Waals surface area contributed by atoms with Gasteiger partial charge in [-0.1, -0.05) is 0 Å². The number of nitrogens with one attached hydrogen (secondary N) is 1. The molecule has 3 aromatic rings. The highest BCUT2D eigenvalue weighted by Crippen LogP contribution is 2.30. The van der Waals surface area contributed by atoms with Crippen LogP contribution in [0.15, 0.2) is 54.7 Å². The lowest BCUT2D eigenvalue weighted by Gasteiger charge is -2.32. The van der Waals surface area contributed by atoms with Crippen molar-refractivity contribution in [2.24, 2.45) is 5.92 Å². The highest BCUT2D eigenvalue weighted by molar-refractivity contribution is 5.80. The van der Waals surface area contributed by atoms with Gasteiger partial charge in [0.1, 0.15) is 11.9 Å². The molecule has 2 saturated heterocycles. The molecule has 1 aromatic heterocycles. The predicted octanol–water partition coefficient (Wildman–Crippen LogP) is 3.30. The molecule has 1 amide bonds. The van der Waals surface area contributed by atoms with E-state index in [9.17, 15) is 9.90 Å². The van der Waals surface area contributed by atoms with Gasteiger partial charge in [-0.15, -0.1) is 0 Å². The molecule has 1 atom stereocenters. The lowest BCUT2D eigenvalue weighted by atomic mass is 9.97. The number of nitrogens with zero attached hydrogens (tertiary/aromatic N) is 4. The number of likely N-dealkylation sites (tertiary alicyclic amines) is 1. The molecule has 0 radical (unpaired) electrons. The van der Waals surface area contributed by atoms with Crippen molar-refractivity contribution in [2.45, 2.75) is 25.9 Å². The zero-order chi connectivity index (χ0) is 27.2. The van der Waals surface area contributed by atoms with Crippen molar-refractivity contribution in [3.05, 3.63) is 54.7 Å². The first-order valence-corrected chi connectivity index (χ1v) is 13.5. The van der Waals surface area contributed by atoms with Crippen LogP contribution in [0, 0.1) is 5.92 Å². The lowest BCUT2D eigenvalue weighted by molar-refractivity contribution is -0.140. The Morgan fingerprint density at radius 1 is 1.13 bits per heavy atom. The molecule has 0 bridgehead atoms. The molecule has 2 aliphatic rings. The van der Waals surface area contributed by atoms with Gasteiger partial charge in [-0.05, 0) is 74.2 Å². The summed E-state index contributed by atoms with van der Waals surface area (Å²) in [6, 6.07) is 15.8. The fraction of sp³-hybridized carbons (Fsp3) is 0.414. The maximum absolute atomic E-state index is 12.0. The van der Waals surface area contributed by atoms with Gasteiger partial charge in [0.15, 0.2) is 0 Å². The normalized spacial score (nSPS) is 17.1. The molecule has 2 aliphatic heterocycles. The van der Waals surface area contributed by atoms with E-state index in [0.717, 1.165) is 56.1 Å². The fourth-order valence-electron chi connectivity index (χ4n) is 4.92. The molecule has 10 heteroatoms. The third-order valence-electron chi connectivity index (χ3n) is 7.22. The minimum atomic E-state index is -0.954. The molecule has 206 valence electrons. The summed E-state index contributed by atoms with van der Waals surface area (Å²) in [7, 11) is 0. The number of morpholine rings is 1. The predicted molar refractivity (Wildman–Crippen MR) is 151 cm³/mol. The Morgan fingerprint density at radius 2 is 1.87 bits per heavy atom. The number of aromatic nitrogens is 2. The maximum atomic E-state index is 12.0.